The first kappa shape index (κ1) is 18.9. The van der Waals surface area contributed by atoms with Crippen LogP contribution in [0.3, 0.4) is 0 Å². The first-order valence-electron chi connectivity index (χ1n) is 9.02. The molecule has 2 aromatic carbocycles. The predicted octanol–water partition coefficient (Wildman–Crippen LogP) is 4.36. The van der Waals surface area contributed by atoms with Gasteiger partial charge in [-0.3, -0.25) is 0 Å². The molecule has 0 saturated carbocycles. The van der Waals surface area contributed by atoms with Gasteiger partial charge in [-0.1, -0.05) is 30.3 Å². The van der Waals surface area contributed by atoms with Crippen LogP contribution in [0.5, 0.6) is 0 Å². The van der Waals surface area contributed by atoms with E-state index in [0.29, 0.717) is 18.8 Å². The number of nitriles is 1. The number of carbonyl (C=O) groups is 1. The molecule has 0 aliphatic carbocycles. The van der Waals surface area contributed by atoms with E-state index in [-0.39, 0.29) is 18.1 Å². The number of benzene rings is 2. The Morgan fingerprint density at radius 2 is 2.00 bits per heavy atom. The van der Waals surface area contributed by atoms with E-state index in [1.807, 2.05) is 51.1 Å². The summed E-state index contributed by atoms with van der Waals surface area (Å²) in [5.41, 5.74) is 4.68. The van der Waals surface area contributed by atoms with E-state index in [1.165, 1.54) is 0 Å². The summed E-state index contributed by atoms with van der Waals surface area (Å²) < 4.78 is 11.2. The summed E-state index contributed by atoms with van der Waals surface area (Å²) in [5, 5.41) is 11.8. The number of ether oxygens (including phenoxy) is 2. The Bertz CT molecular complexity index is 861. The molecular formula is C22H24N2O3. The third-order valence-corrected chi connectivity index (χ3v) is 4.44. The highest BCUT2D eigenvalue weighted by molar-refractivity contribution is 5.70. The largest absolute Gasteiger partial charge is 0.449 e. The smallest absolute Gasteiger partial charge is 0.407 e. The van der Waals surface area contributed by atoms with Crippen molar-refractivity contribution < 1.29 is 14.3 Å². The minimum atomic E-state index is -0.419. The van der Waals surface area contributed by atoms with Gasteiger partial charge in [-0.05, 0) is 55.2 Å². The van der Waals surface area contributed by atoms with E-state index >= 15 is 0 Å². The van der Waals surface area contributed by atoms with E-state index in [0.717, 1.165) is 22.3 Å². The molecule has 1 aliphatic rings. The molecule has 1 N–H and O–H groups in total. The molecule has 1 atom stereocenters. The second-order valence-corrected chi connectivity index (χ2v) is 7.75. The monoisotopic (exact) mass is 364 g/mol. The number of nitrogens with one attached hydrogen (secondary N) is 1. The fourth-order valence-electron chi connectivity index (χ4n) is 3.19. The molecule has 0 saturated heterocycles. The number of carbonyl (C=O) groups excluding carboxylic acids is 1. The maximum atomic E-state index is 12.0. The summed E-state index contributed by atoms with van der Waals surface area (Å²) in [4.78, 5) is 12.0. The topological polar surface area (TPSA) is 71.3 Å². The predicted molar refractivity (Wildman–Crippen MR) is 103 cm³/mol. The first-order valence-corrected chi connectivity index (χ1v) is 9.02. The van der Waals surface area contributed by atoms with Gasteiger partial charge in [-0.15, -0.1) is 0 Å². The number of rotatable bonds is 3. The maximum absolute atomic E-state index is 12.0. The van der Waals surface area contributed by atoms with Crippen molar-refractivity contribution in [2.24, 2.45) is 0 Å². The van der Waals surface area contributed by atoms with Crippen LogP contribution in [-0.4, -0.2) is 24.8 Å². The highest BCUT2D eigenvalue weighted by Crippen LogP contribution is 2.34. The highest BCUT2D eigenvalue weighted by Gasteiger charge is 2.25. The number of alkyl carbamates (subject to hydrolysis) is 1. The lowest BCUT2D eigenvalue weighted by molar-refractivity contribution is 0.0619. The van der Waals surface area contributed by atoms with Crippen LogP contribution in [0, 0.1) is 11.3 Å². The van der Waals surface area contributed by atoms with Gasteiger partial charge < -0.3 is 14.8 Å². The van der Waals surface area contributed by atoms with Crippen molar-refractivity contribution in [3.8, 4) is 17.2 Å². The third kappa shape index (κ3) is 4.66. The average Bonchev–Trinajstić information content (AvgIpc) is 2.64. The van der Waals surface area contributed by atoms with Crippen molar-refractivity contribution in [2.75, 3.05) is 13.2 Å². The lowest BCUT2D eigenvalue weighted by atomic mass is 9.88. The normalized spacial score (nSPS) is 16.1. The molecule has 5 heteroatoms. The molecule has 0 aromatic heterocycles. The minimum Gasteiger partial charge on any atom is -0.449 e. The lowest BCUT2D eigenvalue weighted by Gasteiger charge is -2.28. The number of nitrogens with zero attached hydrogens (tertiary/aromatic N) is 1. The molecule has 3 rings (SSSR count). The Labute approximate surface area is 159 Å². The molecular weight excluding hydrogens is 340 g/mol. The number of hydrogen-bond donors (Lipinski definition) is 1. The summed E-state index contributed by atoms with van der Waals surface area (Å²) in [7, 11) is 0. The van der Waals surface area contributed by atoms with Crippen LogP contribution in [0.25, 0.3) is 11.1 Å². The molecule has 2 aromatic rings. The van der Waals surface area contributed by atoms with Gasteiger partial charge in [0.1, 0.15) is 6.61 Å². The van der Waals surface area contributed by atoms with E-state index in [1.54, 1.807) is 0 Å². The lowest BCUT2D eigenvalue weighted by Crippen LogP contribution is -2.41. The van der Waals surface area contributed by atoms with Crippen molar-refractivity contribution in [3.05, 3.63) is 59.2 Å². The zero-order chi connectivity index (χ0) is 19.4. The quantitative estimate of drug-likeness (QED) is 0.878. The SMILES string of the molecule is CC(C)(C)NC(=O)OCC1COCc2c(-c3ccc(C#N)cc3)cccc21. The fraction of sp³-hybridized carbons (Fsp3) is 0.364. The fourth-order valence-corrected chi connectivity index (χ4v) is 3.19. The Morgan fingerprint density at radius 3 is 2.67 bits per heavy atom. The summed E-state index contributed by atoms with van der Waals surface area (Å²) in [5.74, 6) is -0.00204. The second kappa shape index (κ2) is 7.81. The maximum Gasteiger partial charge on any atom is 0.407 e. The molecule has 1 amide bonds. The zero-order valence-corrected chi connectivity index (χ0v) is 15.9. The minimum absolute atomic E-state index is 0.00204. The van der Waals surface area contributed by atoms with E-state index in [9.17, 15) is 4.79 Å². The van der Waals surface area contributed by atoms with Gasteiger partial charge >= 0.3 is 6.09 Å². The Morgan fingerprint density at radius 1 is 1.26 bits per heavy atom. The van der Waals surface area contributed by atoms with Crippen LogP contribution in [0.1, 0.15) is 43.4 Å². The Balaban J connectivity index is 1.80. The second-order valence-electron chi connectivity index (χ2n) is 7.75. The standard InChI is InChI=1S/C22H24N2O3/c1-22(2,3)24-21(25)27-13-17-12-26-14-20-18(5-4-6-19(17)20)16-9-7-15(11-23)8-10-16/h4-10,17H,12-14H2,1-3H3,(H,24,25). The van der Waals surface area contributed by atoms with Crippen molar-refractivity contribution in [3.63, 3.8) is 0 Å². The summed E-state index contributed by atoms with van der Waals surface area (Å²) in [6.07, 6.45) is -0.419. The van der Waals surface area contributed by atoms with Gasteiger partial charge in [0, 0.05) is 11.5 Å². The van der Waals surface area contributed by atoms with Crippen LogP contribution in [0.2, 0.25) is 0 Å². The van der Waals surface area contributed by atoms with Crippen LogP contribution in [0.4, 0.5) is 4.79 Å². The van der Waals surface area contributed by atoms with Crippen molar-refractivity contribution in [1.82, 2.24) is 5.32 Å². The summed E-state index contributed by atoms with van der Waals surface area (Å²) in [6.45, 7) is 7.06. The van der Waals surface area contributed by atoms with Crippen LogP contribution in [0.15, 0.2) is 42.5 Å². The van der Waals surface area contributed by atoms with Crippen LogP contribution < -0.4 is 5.32 Å². The van der Waals surface area contributed by atoms with Crippen LogP contribution >= 0.6 is 0 Å². The molecule has 0 radical (unpaired) electrons. The van der Waals surface area contributed by atoms with Crippen LogP contribution in [-0.2, 0) is 16.1 Å². The van der Waals surface area contributed by atoms with Crippen molar-refractivity contribution in [2.45, 2.75) is 38.8 Å². The van der Waals surface area contributed by atoms with Gasteiger partial charge in [-0.25, -0.2) is 4.79 Å². The van der Waals surface area contributed by atoms with Crippen molar-refractivity contribution in [1.29, 1.82) is 5.26 Å². The summed E-state index contributed by atoms with van der Waals surface area (Å²) in [6, 6.07) is 15.8. The van der Waals surface area contributed by atoms with E-state index in [4.69, 9.17) is 14.7 Å². The first-order chi connectivity index (χ1) is 12.9. The molecule has 27 heavy (non-hydrogen) atoms. The Hall–Kier alpha value is -2.84. The third-order valence-electron chi connectivity index (χ3n) is 4.44. The van der Waals surface area contributed by atoms with Gasteiger partial charge in [0.05, 0.1) is 24.8 Å². The molecule has 140 valence electrons. The molecule has 1 heterocycles. The number of fused-ring (bicyclic) bond motifs is 1. The number of hydrogen-bond acceptors (Lipinski definition) is 4. The van der Waals surface area contributed by atoms with Gasteiger partial charge in [0.15, 0.2) is 0 Å². The van der Waals surface area contributed by atoms with Gasteiger partial charge in [0.25, 0.3) is 0 Å². The Kier molecular flexibility index (Phi) is 5.48. The molecule has 0 spiro atoms. The molecule has 1 unspecified atom stereocenters. The number of amides is 1. The molecule has 5 nitrogen and oxygen atoms in total. The molecule has 1 aliphatic heterocycles. The average molecular weight is 364 g/mol. The van der Waals surface area contributed by atoms with Crippen molar-refractivity contribution >= 4 is 6.09 Å². The summed E-state index contributed by atoms with van der Waals surface area (Å²) >= 11 is 0. The van der Waals surface area contributed by atoms with E-state index in [2.05, 4.69) is 23.5 Å². The molecule has 0 bridgehead atoms. The van der Waals surface area contributed by atoms with Gasteiger partial charge in [-0.2, -0.15) is 5.26 Å². The van der Waals surface area contributed by atoms with Gasteiger partial charge in [0.2, 0.25) is 0 Å². The zero-order valence-electron chi connectivity index (χ0n) is 15.9. The molecule has 0 fully saturated rings. The highest BCUT2D eigenvalue weighted by atomic mass is 16.6. The van der Waals surface area contributed by atoms with E-state index < -0.39 is 6.09 Å².